The zero-order valence-corrected chi connectivity index (χ0v) is 15.3. The van der Waals surface area contributed by atoms with Crippen LogP contribution in [-0.2, 0) is 6.54 Å². The molecule has 3 heterocycles. The number of carbonyl (C=O) groups excluding carboxylic acids is 1. The van der Waals surface area contributed by atoms with E-state index in [0.717, 1.165) is 29.8 Å². The fourth-order valence-corrected chi connectivity index (χ4v) is 3.30. The van der Waals surface area contributed by atoms with Gasteiger partial charge in [0.2, 0.25) is 0 Å². The molecule has 0 spiro atoms. The summed E-state index contributed by atoms with van der Waals surface area (Å²) in [7, 11) is 0. The maximum atomic E-state index is 11.1. The van der Waals surface area contributed by atoms with Gasteiger partial charge in [-0.1, -0.05) is 12.8 Å². The van der Waals surface area contributed by atoms with Crippen LogP contribution in [0.4, 0.5) is 4.79 Å². The van der Waals surface area contributed by atoms with Crippen molar-refractivity contribution in [3.63, 3.8) is 0 Å². The predicted molar refractivity (Wildman–Crippen MR) is 98.6 cm³/mol. The van der Waals surface area contributed by atoms with Crippen LogP contribution in [0.15, 0.2) is 12.5 Å². The maximum Gasteiger partial charge on any atom is 0.312 e. The fourth-order valence-electron chi connectivity index (χ4n) is 3.30. The van der Waals surface area contributed by atoms with Gasteiger partial charge >= 0.3 is 6.03 Å². The molecule has 0 saturated carbocycles. The zero-order valence-electron chi connectivity index (χ0n) is 14.5. The number of fused-ring (bicyclic) bond motifs is 1. The van der Waals surface area contributed by atoms with Crippen LogP contribution in [0.1, 0.15) is 44.3 Å². The Morgan fingerprint density at radius 1 is 1.24 bits per heavy atom. The molecule has 1 aliphatic rings. The Kier molecular flexibility index (Phi) is 6.95. The number of nitrogens with two attached hydrogens (primary N) is 1. The van der Waals surface area contributed by atoms with E-state index in [9.17, 15) is 4.79 Å². The molecule has 0 bridgehead atoms. The third kappa shape index (κ3) is 4.79. The van der Waals surface area contributed by atoms with Crippen LogP contribution in [-0.4, -0.2) is 50.3 Å². The zero-order chi connectivity index (χ0) is 16.9. The third-order valence-corrected chi connectivity index (χ3v) is 4.56. The molecule has 2 aromatic heterocycles. The highest BCUT2D eigenvalue weighted by Crippen LogP contribution is 2.20. The second kappa shape index (κ2) is 8.96. The number of hydrogen-bond donors (Lipinski definition) is 2. The Balaban J connectivity index is 0.00000225. The van der Waals surface area contributed by atoms with E-state index < -0.39 is 6.03 Å². The van der Waals surface area contributed by atoms with Crippen molar-refractivity contribution in [1.29, 1.82) is 0 Å². The first-order valence-electron chi connectivity index (χ1n) is 8.60. The van der Waals surface area contributed by atoms with Crippen molar-refractivity contribution in [2.24, 2.45) is 5.73 Å². The summed E-state index contributed by atoms with van der Waals surface area (Å²) in [4.78, 5) is 22.2. The number of carbonyl (C=O) groups is 1. The summed E-state index contributed by atoms with van der Waals surface area (Å²) in [6.07, 6.45) is 8.52. The van der Waals surface area contributed by atoms with Gasteiger partial charge in [-0.15, -0.1) is 12.4 Å². The number of likely N-dealkylation sites (tertiary alicyclic amines) is 1. The summed E-state index contributed by atoms with van der Waals surface area (Å²) >= 11 is 0. The molecule has 138 valence electrons. The molecule has 1 fully saturated rings. The molecule has 8 nitrogen and oxygen atoms in total. The van der Waals surface area contributed by atoms with Crippen molar-refractivity contribution >= 4 is 29.5 Å². The lowest BCUT2D eigenvalue weighted by molar-refractivity contribution is 0.246. The van der Waals surface area contributed by atoms with Crippen molar-refractivity contribution in [2.75, 3.05) is 19.6 Å². The lowest BCUT2D eigenvalue weighted by atomic mass is 10.2. The van der Waals surface area contributed by atoms with Gasteiger partial charge in [0.1, 0.15) is 6.33 Å². The Labute approximate surface area is 153 Å². The van der Waals surface area contributed by atoms with E-state index in [1.165, 1.54) is 45.1 Å². The van der Waals surface area contributed by atoms with Gasteiger partial charge in [-0.3, -0.25) is 0 Å². The first-order valence-corrected chi connectivity index (χ1v) is 8.60. The van der Waals surface area contributed by atoms with Gasteiger partial charge < -0.3 is 16.0 Å². The lowest BCUT2D eigenvalue weighted by Crippen LogP contribution is -2.32. The first kappa shape index (κ1) is 19.4. The summed E-state index contributed by atoms with van der Waals surface area (Å²) in [6.45, 7) is 5.96. The number of aromatic nitrogens is 4. The number of primary amides is 1. The number of nitrogens with one attached hydrogen (secondary N) is 1. The van der Waals surface area contributed by atoms with Gasteiger partial charge in [0.15, 0.2) is 5.65 Å². The van der Waals surface area contributed by atoms with E-state index in [-0.39, 0.29) is 18.4 Å². The number of hydrogen-bond acceptors (Lipinski definition) is 5. The van der Waals surface area contributed by atoms with E-state index in [0.29, 0.717) is 0 Å². The van der Waals surface area contributed by atoms with E-state index >= 15 is 0 Å². The molecule has 25 heavy (non-hydrogen) atoms. The molecule has 1 atom stereocenters. The average molecular weight is 368 g/mol. The Morgan fingerprint density at radius 2 is 1.96 bits per heavy atom. The molecule has 3 N–H and O–H groups in total. The van der Waals surface area contributed by atoms with Crippen LogP contribution in [0.2, 0.25) is 0 Å². The summed E-state index contributed by atoms with van der Waals surface area (Å²) < 4.78 is 1.92. The van der Waals surface area contributed by atoms with E-state index in [1.54, 1.807) is 6.20 Å². The van der Waals surface area contributed by atoms with Crippen molar-refractivity contribution < 1.29 is 4.79 Å². The van der Waals surface area contributed by atoms with Gasteiger partial charge in [-0.2, -0.15) is 5.10 Å². The monoisotopic (exact) mass is 367 g/mol. The average Bonchev–Trinajstić information content (AvgIpc) is 2.79. The Morgan fingerprint density at radius 3 is 2.64 bits per heavy atom. The minimum absolute atomic E-state index is 0. The third-order valence-electron chi connectivity index (χ3n) is 4.56. The van der Waals surface area contributed by atoms with Crippen LogP contribution in [0.25, 0.3) is 11.0 Å². The summed E-state index contributed by atoms with van der Waals surface area (Å²) in [6, 6.07) is -0.848. The molecule has 1 aliphatic heterocycles. The predicted octanol–water partition coefficient (Wildman–Crippen LogP) is 1.85. The van der Waals surface area contributed by atoms with Crippen molar-refractivity contribution in [3.05, 3.63) is 18.2 Å². The highest BCUT2D eigenvalue weighted by atomic mass is 35.5. The van der Waals surface area contributed by atoms with Crippen LogP contribution < -0.4 is 11.1 Å². The minimum atomic E-state index is -0.567. The Bertz CT molecular complexity index is 697. The quantitative estimate of drug-likeness (QED) is 0.839. The molecule has 0 radical (unpaired) electrons. The second-order valence-electron chi connectivity index (χ2n) is 6.35. The van der Waals surface area contributed by atoms with Crippen LogP contribution in [0, 0.1) is 0 Å². The van der Waals surface area contributed by atoms with Crippen LogP contribution in [0.3, 0.4) is 0 Å². The number of nitrogens with zero attached hydrogens (tertiary/aromatic N) is 5. The molecule has 1 unspecified atom stereocenters. The van der Waals surface area contributed by atoms with Gasteiger partial charge in [0.25, 0.3) is 0 Å². The van der Waals surface area contributed by atoms with Crippen LogP contribution in [0.5, 0.6) is 0 Å². The van der Waals surface area contributed by atoms with Gasteiger partial charge in [-0.05, 0) is 32.9 Å². The number of urea groups is 1. The van der Waals surface area contributed by atoms with Crippen molar-refractivity contribution in [3.8, 4) is 0 Å². The minimum Gasteiger partial charge on any atom is -0.352 e. The largest absolute Gasteiger partial charge is 0.352 e. The van der Waals surface area contributed by atoms with Crippen LogP contribution >= 0.6 is 12.4 Å². The normalized spacial score (nSPS) is 16.8. The SMILES string of the molecule is CC(NC(N)=O)c1ncnc2c1cnn2CCN1CCCCCC1.Cl. The second-order valence-corrected chi connectivity index (χ2v) is 6.35. The van der Waals surface area contributed by atoms with Gasteiger partial charge in [0, 0.05) is 6.54 Å². The van der Waals surface area contributed by atoms with E-state index in [2.05, 4.69) is 25.3 Å². The molecular weight excluding hydrogens is 342 g/mol. The molecular formula is C16H26ClN7O. The molecule has 3 rings (SSSR count). The van der Waals surface area contributed by atoms with E-state index in [4.69, 9.17) is 5.73 Å². The standard InChI is InChI=1S/C16H25N7O.ClH/c1-12(21-16(17)24)14-13-10-20-23(15(13)19-11-18-14)9-8-22-6-4-2-3-5-7-22;/h10-12H,2-9H2,1H3,(H3,17,21,24);1H. The molecule has 2 amide bonds. The molecule has 0 aliphatic carbocycles. The smallest absolute Gasteiger partial charge is 0.312 e. The highest BCUT2D eigenvalue weighted by Gasteiger charge is 2.16. The number of rotatable bonds is 5. The number of halogens is 1. The highest BCUT2D eigenvalue weighted by molar-refractivity contribution is 5.85. The Hall–Kier alpha value is -1.93. The summed E-state index contributed by atoms with van der Waals surface area (Å²) in [5.41, 5.74) is 6.74. The van der Waals surface area contributed by atoms with Gasteiger partial charge in [-0.25, -0.2) is 19.4 Å². The molecule has 0 aromatic carbocycles. The number of amides is 2. The van der Waals surface area contributed by atoms with E-state index in [1.807, 2.05) is 11.6 Å². The van der Waals surface area contributed by atoms with Crippen molar-refractivity contribution in [2.45, 2.75) is 45.2 Å². The topological polar surface area (TPSA) is 102 Å². The molecule has 2 aromatic rings. The first-order chi connectivity index (χ1) is 11.6. The van der Waals surface area contributed by atoms with Crippen molar-refractivity contribution in [1.82, 2.24) is 30.0 Å². The lowest BCUT2D eigenvalue weighted by Gasteiger charge is -2.19. The summed E-state index contributed by atoms with van der Waals surface area (Å²) in [5.74, 6) is 0. The summed E-state index contributed by atoms with van der Waals surface area (Å²) in [5, 5.41) is 7.98. The molecule has 1 saturated heterocycles. The fraction of sp³-hybridized carbons (Fsp3) is 0.625. The maximum absolute atomic E-state index is 11.1. The molecule has 9 heteroatoms. The van der Waals surface area contributed by atoms with Gasteiger partial charge in [0.05, 0.1) is 29.9 Å².